The molecule has 3 N–H and O–H groups in total. The van der Waals surface area contributed by atoms with Crippen LogP contribution < -0.4 is 15.8 Å². The van der Waals surface area contributed by atoms with E-state index < -0.39 is 23.8 Å². The number of amides is 1. The number of methoxy groups -OCH3 is 1. The van der Waals surface area contributed by atoms with Crippen molar-refractivity contribution >= 4 is 27.8 Å². The second-order valence-corrected chi connectivity index (χ2v) is 8.40. The molecule has 37 heavy (non-hydrogen) atoms. The number of hydrogen-bond acceptors (Lipinski definition) is 7. The van der Waals surface area contributed by atoms with Crippen LogP contribution in [0.25, 0.3) is 33.3 Å². The minimum atomic E-state index is -4.63. The minimum Gasteiger partial charge on any atom is -0.494 e. The van der Waals surface area contributed by atoms with Gasteiger partial charge in [-0.05, 0) is 55.0 Å². The summed E-state index contributed by atoms with van der Waals surface area (Å²) in [7, 11) is 1.34. The van der Waals surface area contributed by atoms with E-state index in [1.54, 1.807) is 19.3 Å². The molecule has 0 spiro atoms. The van der Waals surface area contributed by atoms with Crippen molar-refractivity contribution < 1.29 is 31.5 Å². The summed E-state index contributed by atoms with van der Waals surface area (Å²) < 4.78 is 56.2. The lowest BCUT2D eigenvalue weighted by atomic mass is 10.1. The monoisotopic (exact) mass is 510 g/mol. The van der Waals surface area contributed by atoms with E-state index in [-0.39, 0.29) is 35.2 Å². The van der Waals surface area contributed by atoms with Crippen LogP contribution in [0.1, 0.15) is 40.5 Å². The number of aromatic nitrogens is 2. The number of halogens is 3. The van der Waals surface area contributed by atoms with Gasteiger partial charge in [-0.1, -0.05) is 6.07 Å². The number of carbonyl (C=O) groups is 1. The molecule has 190 valence electrons. The molecule has 1 amide bonds. The summed E-state index contributed by atoms with van der Waals surface area (Å²) in [5, 5.41) is 4.02. The van der Waals surface area contributed by atoms with Gasteiger partial charge < -0.3 is 24.6 Å². The molecule has 1 atom stereocenters. The first-order valence-electron chi connectivity index (χ1n) is 11.2. The number of pyridine rings is 1. The fourth-order valence-electron chi connectivity index (χ4n) is 4.01. The molecule has 0 aliphatic carbocycles. The molecule has 0 radical (unpaired) electrons. The molecule has 0 bridgehead atoms. The van der Waals surface area contributed by atoms with Crippen LogP contribution in [-0.4, -0.2) is 23.0 Å². The first-order valence-corrected chi connectivity index (χ1v) is 11.2. The number of benzene rings is 2. The fourth-order valence-corrected chi connectivity index (χ4v) is 4.01. The van der Waals surface area contributed by atoms with Crippen molar-refractivity contribution in [1.29, 1.82) is 0 Å². The Morgan fingerprint density at radius 3 is 2.68 bits per heavy atom. The SMILES string of the molecule is COc1ccc(-c2nc(C(=O)NCc3ccc4occc4c3)c([C@H](C)N)o2)c2ccc(C(F)(F)F)nc12. The number of ether oxygens (including phenoxy) is 1. The van der Waals surface area contributed by atoms with Crippen molar-refractivity contribution in [1.82, 2.24) is 15.3 Å². The van der Waals surface area contributed by atoms with E-state index in [0.29, 0.717) is 10.9 Å². The Labute approximate surface area is 208 Å². The van der Waals surface area contributed by atoms with Crippen LogP contribution in [0.5, 0.6) is 5.75 Å². The van der Waals surface area contributed by atoms with Crippen LogP contribution in [0, 0.1) is 0 Å². The average molecular weight is 510 g/mol. The van der Waals surface area contributed by atoms with Crippen molar-refractivity contribution in [3.63, 3.8) is 0 Å². The highest BCUT2D eigenvalue weighted by Gasteiger charge is 2.33. The zero-order chi connectivity index (χ0) is 26.3. The average Bonchev–Trinajstić information content (AvgIpc) is 3.53. The molecule has 5 aromatic rings. The van der Waals surface area contributed by atoms with E-state index in [1.807, 2.05) is 24.3 Å². The van der Waals surface area contributed by atoms with Crippen LogP contribution in [0.15, 0.2) is 63.6 Å². The molecule has 5 rings (SSSR count). The summed E-state index contributed by atoms with van der Waals surface area (Å²) in [6.45, 7) is 1.85. The van der Waals surface area contributed by atoms with E-state index in [2.05, 4.69) is 15.3 Å². The molecule has 8 nitrogen and oxygen atoms in total. The fraction of sp³-hybridized carbons (Fsp3) is 0.192. The van der Waals surface area contributed by atoms with Crippen molar-refractivity contribution in [3.8, 4) is 17.2 Å². The van der Waals surface area contributed by atoms with Crippen molar-refractivity contribution in [2.75, 3.05) is 7.11 Å². The molecule has 0 fully saturated rings. The second-order valence-electron chi connectivity index (χ2n) is 8.40. The second kappa shape index (κ2) is 9.25. The summed E-state index contributed by atoms with van der Waals surface area (Å²) in [4.78, 5) is 21.2. The van der Waals surface area contributed by atoms with E-state index in [4.69, 9.17) is 19.3 Å². The summed E-state index contributed by atoms with van der Waals surface area (Å²) >= 11 is 0. The van der Waals surface area contributed by atoms with Crippen molar-refractivity contribution in [3.05, 3.63) is 77.5 Å². The highest BCUT2D eigenvalue weighted by Crippen LogP contribution is 2.37. The van der Waals surface area contributed by atoms with Crippen molar-refractivity contribution in [2.45, 2.75) is 25.7 Å². The maximum Gasteiger partial charge on any atom is 0.433 e. The molecule has 0 saturated carbocycles. The molecule has 0 unspecified atom stereocenters. The number of fused-ring (bicyclic) bond motifs is 2. The molecular weight excluding hydrogens is 489 g/mol. The molecule has 0 aliphatic heterocycles. The number of furan rings is 1. The highest BCUT2D eigenvalue weighted by molar-refractivity contribution is 5.98. The van der Waals surface area contributed by atoms with Crippen LogP contribution >= 0.6 is 0 Å². The van der Waals surface area contributed by atoms with Gasteiger partial charge in [0.1, 0.15) is 22.5 Å². The predicted molar refractivity (Wildman–Crippen MR) is 129 cm³/mol. The molecule has 2 aromatic carbocycles. The normalized spacial score (nSPS) is 12.7. The molecule has 0 saturated heterocycles. The lowest BCUT2D eigenvalue weighted by Gasteiger charge is -2.11. The molecule has 3 aromatic heterocycles. The maximum atomic E-state index is 13.3. The Kier molecular flexibility index (Phi) is 6.08. The largest absolute Gasteiger partial charge is 0.494 e. The van der Waals surface area contributed by atoms with E-state index in [1.165, 1.54) is 19.2 Å². The summed E-state index contributed by atoms with van der Waals surface area (Å²) in [5.41, 5.74) is 6.87. The Bertz CT molecular complexity index is 1620. The predicted octanol–water partition coefficient (Wildman–Crippen LogP) is 5.61. The molecule has 0 aliphatic rings. The number of nitrogens with zero attached hydrogens (tertiary/aromatic N) is 2. The maximum absolute atomic E-state index is 13.3. The Morgan fingerprint density at radius 2 is 1.95 bits per heavy atom. The van der Waals surface area contributed by atoms with Gasteiger partial charge in [0.25, 0.3) is 5.91 Å². The van der Waals surface area contributed by atoms with Crippen LogP contribution in [-0.2, 0) is 12.7 Å². The topological polar surface area (TPSA) is 116 Å². The Hall–Kier alpha value is -4.38. The first kappa shape index (κ1) is 24.3. The quantitative estimate of drug-likeness (QED) is 0.305. The molecule has 11 heteroatoms. The number of hydrogen-bond donors (Lipinski definition) is 2. The van der Waals surface area contributed by atoms with Crippen LogP contribution in [0.2, 0.25) is 0 Å². The molecular formula is C26H21F3N4O4. The van der Waals surface area contributed by atoms with Gasteiger partial charge in [-0.2, -0.15) is 13.2 Å². The number of carbonyl (C=O) groups excluding carboxylic acids is 1. The third kappa shape index (κ3) is 4.60. The van der Waals surface area contributed by atoms with Crippen LogP contribution in [0.3, 0.4) is 0 Å². The summed E-state index contributed by atoms with van der Waals surface area (Å²) in [6, 6.07) is 11.9. The standard InChI is InChI=1S/C26H21F3N4O4/c1-13(30)23-22(24(34)31-12-14-3-6-18-15(11-14)9-10-36-18)33-25(37-23)17-4-7-19(35-2)21-16(17)5-8-20(32-21)26(27,28)29/h3-11,13H,12,30H2,1-2H3,(H,31,34)/t13-/m0/s1. The lowest BCUT2D eigenvalue weighted by molar-refractivity contribution is -0.140. The Morgan fingerprint density at radius 1 is 1.14 bits per heavy atom. The van der Waals surface area contributed by atoms with E-state index >= 15 is 0 Å². The van der Waals surface area contributed by atoms with Gasteiger partial charge >= 0.3 is 6.18 Å². The minimum absolute atomic E-state index is 0.0155. The summed E-state index contributed by atoms with van der Waals surface area (Å²) in [6.07, 6.45) is -3.05. The number of nitrogens with two attached hydrogens (primary N) is 1. The van der Waals surface area contributed by atoms with Gasteiger partial charge in [0.2, 0.25) is 5.89 Å². The first-order chi connectivity index (χ1) is 17.7. The van der Waals surface area contributed by atoms with Crippen LogP contribution in [0.4, 0.5) is 13.2 Å². The van der Waals surface area contributed by atoms with E-state index in [0.717, 1.165) is 22.6 Å². The van der Waals surface area contributed by atoms with Crippen molar-refractivity contribution in [2.24, 2.45) is 5.73 Å². The van der Waals surface area contributed by atoms with E-state index in [9.17, 15) is 18.0 Å². The number of rotatable bonds is 6. The van der Waals surface area contributed by atoms with Gasteiger partial charge in [-0.15, -0.1) is 0 Å². The molecule has 3 heterocycles. The Balaban J connectivity index is 1.50. The number of nitrogens with one attached hydrogen (secondary N) is 1. The van der Waals surface area contributed by atoms with Gasteiger partial charge in [-0.25, -0.2) is 9.97 Å². The van der Waals surface area contributed by atoms with Gasteiger partial charge in [-0.3, -0.25) is 4.79 Å². The highest BCUT2D eigenvalue weighted by atomic mass is 19.4. The number of oxazole rings is 1. The third-order valence-corrected chi connectivity index (χ3v) is 5.81. The zero-order valence-electron chi connectivity index (χ0n) is 19.7. The number of alkyl halides is 3. The third-order valence-electron chi connectivity index (χ3n) is 5.81. The smallest absolute Gasteiger partial charge is 0.433 e. The zero-order valence-corrected chi connectivity index (χ0v) is 19.7. The summed E-state index contributed by atoms with van der Waals surface area (Å²) in [5.74, 6) is -0.200. The van der Waals surface area contributed by atoms with Gasteiger partial charge in [0.15, 0.2) is 11.5 Å². The van der Waals surface area contributed by atoms with Gasteiger partial charge in [0.05, 0.1) is 19.4 Å². The van der Waals surface area contributed by atoms with Gasteiger partial charge in [0, 0.05) is 22.9 Å². The lowest BCUT2D eigenvalue weighted by Crippen LogP contribution is -2.25.